The molecule has 0 spiro atoms. The second kappa shape index (κ2) is 8.60. The van der Waals surface area contributed by atoms with Crippen molar-refractivity contribution in [1.29, 1.82) is 0 Å². The Labute approximate surface area is 146 Å². The summed E-state index contributed by atoms with van der Waals surface area (Å²) in [7, 11) is 0. The number of carbonyl (C=O) groups excluding carboxylic acids is 4. The van der Waals surface area contributed by atoms with Gasteiger partial charge in [-0.25, -0.2) is 0 Å². The molecule has 2 unspecified atom stereocenters. The van der Waals surface area contributed by atoms with E-state index < -0.39 is 23.5 Å². The molecule has 1 saturated heterocycles. The topological polar surface area (TPSA) is 108 Å². The zero-order valence-corrected chi connectivity index (χ0v) is 14.6. The second-order valence-electron chi connectivity index (χ2n) is 6.83. The Balaban J connectivity index is 1.90. The average Bonchev–Trinajstić information content (AvgIpc) is 3.08. The van der Waals surface area contributed by atoms with Gasteiger partial charge in [0.05, 0.1) is 0 Å². The van der Waals surface area contributed by atoms with Crippen LogP contribution < -0.4 is 10.6 Å². The number of carbonyl (C=O) groups is 4. The van der Waals surface area contributed by atoms with Crippen molar-refractivity contribution >= 4 is 23.4 Å². The lowest BCUT2D eigenvalue weighted by Gasteiger charge is -2.24. The molecular formula is C18H25N3O4. The van der Waals surface area contributed by atoms with Crippen molar-refractivity contribution in [2.75, 3.05) is 6.54 Å². The highest BCUT2D eigenvalue weighted by atomic mass is 16.2. The number of ketones is 2. The van der Waals surface area contributed by atoms with E-state index in [1.807, 2.05) is 19.9 Å². The fraction of sp³-hybridized carbons (Fsp3) is 0.556. The largest absolute Gasteiger partial charge is 0.367 e. The molecule has 2 heterocycles. The molecule has 7 heteroatoms. The van der Waals surface area contributed by atoms with Crippen molar-refractivity contribution in [2.45, 2.75) is 39.7 Å². The van der Waals surface area contributed by atoms with E-state index in [2.05, 4.69) is 15.6 Å². The number of nitrogens with one attached hydrogen (secondary N) is 3. The van der Waals surface area contributed by atoms with Crippen LogP contribution in [-0.2, 0) is 25.7 Å². The Kier molecular flexibility index (Phi) is 6.50. The van der Waals surface area contributed by atoms with Crippen molar-refractivity contribution in [3.63, 3.8) is 0 Å². The average molecular weight is 347 g/mol. The van der Waals surface area contributed by atoms with Crippen molar-refractivity contribution in [2.24, 2.45) is 17.8 Å². The first-order chi connectivity index (χ1) is 11.9. The monoisotopic (exact) mass is 347 g/mol. The normalized spacial score (nSPS) is 18.8. The predicted octanol–water partition coefficient (Wildman–Crippen LogP) is 0.958. The van der Waals surface area contributed by atoms with Crippen LogP contribution in [0, 0.1) is 17.8 Å². The molecule has 1 aromatic heterocycles. The molecule has 0 radical (unpaired) electrons. The lowest BCUT2D eigenvalue weighted by atomic mass is 9.81. The number of hydrogen-bond donors (Lipinski definition) is 3. The van der Waals surface area contributed by atoms with Gasteiger partial charge in [-0.2, -0.15) is 0 Å². The summed E-state index contributed by atoms with van der Waals surface area (Å²) in [6.07, 6.45) is 4.17. The van der Waals surface area contributed by atoms with E-state index in [0.717, 1.165) is 5.56 Å². The Bertz CT molecular complexity index is 637. The van der Waals surface area contributed by atoms with E-state index >= 15 is 0 Å². The van der Waals surface area contributed by atoms with Gasteiger partial charge >= 0.3 is 0 Å². The lowest BCUT2D eigenvalue weighted by molar-refractivity contribution is -0.143. The molecule has 2 amide bonds. The molecule has 2 atom stereocenters. The Morgan fingerprint density at radius 2 is 2.08 bits per heavy atom. The van der Waals surface area contributed by atoms with Crippen LogP contribution in [0.4, 0.5) is 0 Å². The van der Waals surface area contributed by atoms with Gasteiger partial charge in [-0.15, -0.1) is 0 Å². The Hall–Kier alpha value is -2.44. The summed E-state index contributed by atoms with van der Waals surface area (Å²) in [5, 5.41) is 5.29. The molecule has 0 saturated carbocycles. The van der Waals surface area contributed by atoms with Crippen molar-refractivity contribution in [3.05, 3.63) is 24.0 Å². The SMILES string of the molecule is CC(C)C(CC(=O)NCc1cc[nH]c1)C(=O)CC1CCNC(=O)C1=O. The first-order valence-corrected chi connectivity index (χ1v) is 8.61. The summed E-state index contributed by atoms with van der Waals surface area (Å²) in [5.41, 5.74) is 0.958. The number of aromatic nitrogens is 1. The minimum atomic E-state index is -0.616. The van der Waals surface area contributed by atoms with Crippen LogP contribution in [0.3, 0.4) is 0 Å². The minimum Gasteiger partial charge on any atom is -0.367 e. The van der Waals surface area contributed by atoms with Gasteiger partial charge in [0, 0.05) is 50.2 Å². The smallest absolute Gasteiger partial charge is 0.287 e. The quantitative estimate of drug-likeness (QED) is 0.609. The number of piperidine rings is 1. The minimum absolute atomic E-state index is 0.0157. The zero-order valence-electron chi connectivity index (χ0n) is 14.6. The number of H-pyrrole nitrogens is 1. The van der Waals surface area contributed by atoms with Crippen LogP contribution in [0.1, 0.15) is 38.7 Å². The third-order valence-electron chi connectivity index (χ3n) is 4.60. The summed E-state index contributed by atoms with van der Waals surface area (Å²) in [4.78, 5) is 51.0. The van der Waals surface area contributed by atoms with Gasteiger partial charge in [0.2, 0.25) is 11.7 Å². The van der Waals surface area contributed by atoms with Gasteiger partial charge in [0.15, 0.2) is 0 Å². The molecule has 7 nitrogen and oxygen atoms in total. The van der Waals surface area contributed by atoms with Gasteiger partial charge in [-0.05, 0) is 24.0 Å². The van der Waals surface area contributed by atoms with Crippen LogP contribution >= 0.6 is 0 Å². The molecule has 1 aliphatic heterocycles. The molecule has 2 rings (SSSR count). The number of amides is 2. The fourth-order valence-electron chi connectivity index (χ4n) is 3.01. The van der Waals surface area contributed by atoms with Gasteiger partial charge in [-0.3, -0.25) is 19.2 Å². The van der Waals surface area contributed by atoms with Crippen molar-refractivity contribution in [1.82, 2.24) is 15.6 Å². The maximum absolute atomic E-state index is 12.6. The number of Topliss-reactive ketones (excluding diaryl/α,β-unsaturated/α-hetero) is 2. The van der Waals surface area contributed by atoms with E-state index in [0.29, 0.717) is 19.5 Å². The third-order valence-corrected chi connectivity index (χ3v) is 4.60. The summed E-state index contributed by atoms with van der Waals surface area (Å²) in [6.45, 7) is 4.59. The number of aromatic amines is 1. The molecule has 136 valence electrons. The molecule has 1 aromatic rings. The van der Waals surface area contributed by atoms with Crippen LogP contribution in [-0.4, -0.2) is 34.9 Å². The molecule has 1 aliphatic rings. The third kappa shape index (κ3) is 5.27. The molecule has 1 fully saturated rings. The highest BCUT2D eigenvalue weighted by molar-refractivity contribution is 6.37. The van der Waals surface area contributed by atoms with Crippen LogP contribution in [0.2, 0.25) is 0 Å². The first kappa shape index (κ1) is 18.9. The van der Waals surface area contributed by atoms with Gasteiger partial charge < -0.3 is 15.6 Å². The lowest BCUT2D eigenvalue weighted by Crippen LogP contribution is -2.44. The van der Waals surface area contributed by atoms with Crippen LogP contribution in [0.5, 0.6) is 0 Å². The molecular weight excluding hydrogens is 322 g/mol. The summed E-state index contributed by atoms with van der Waals surface area (Å²) >= 11 is 0. The molecule has 0 bridgehead atoms. The molecule has 0 aliphatic carbocycles. The maximum atomic E-state index is 12.6. The standard InChI is InChI=1S/C18H25N3O4/c1-11(2)14(8-16(23)21-10-12-3-5-19-9-12)15(22)7-13-4-6-20-18(25)17(13)24/h3,5,9,11,13-14,19H,4,6-8,10H2,1-2H3,(H,20,25)(H,21,23). The maximum Gasteiger partial charge on any atom is 0.287 e. The second-order valence-corrected chi connectivity index (χ2v) is 6.83. The Morgan fingerprint density at radius 1 is 1.32 bits per heavy atom. The van der Waals surface area contributed by atoms with Gasteiger partial charge in [0.1, 0.15) is 5.78 Å². The van der Waals surface area contributed by atoms with E-state index in [9.17, 15) is 19.2 Å². The summed E-state index contributed by atoms with van der Waals surface area (Å²) in [6, 6.07) is 1.87. The molecule has 3 N–H and O–H groups in total. The van der Waals surface area contributed by atoms with Gasteiger partial charge in [-0.1, -0.05) is 13.8 Å². The predicted molar refractivity (Wildman–Crippen MR) is 91.3 cm³/mol. The number of rotatable bonds is 8. The van der Waals surface area contributed by atoms with E-state index in [1.165, 1.54) is 0 Å². The fourth-order valence-corrected chi connectivity index (χ4v) is 3.01. The zero-order chi connectivity index (χ0) is 18.4. The Morgan fingerprint density at radius 3 is 2.72 bits per heavy atom. The summed E-state index contributed by atoms with van der Waals surface area (Å²) in [5.74, 6) is -2.50. The van der Waals surface area contributed by atoms with Gasteiger partial charge in [0.25, 0.3) is 5.91 Å². The molecule has 0 aromatic carbocycles. The van der Waals surface area contributed by atoms with E-state index in [-0.39, 0.29) is 30.4 Å². The van der Waals surface area contributed by atoms with Crippen LogP contribution in [0.15, 0.2) is 18.5 Å². The summed E-state index contributed by atoms with van der Waals surface area (Å²) < 4.78 is 0. The first-order valence-electron chi connectivity index (χ1n) is 8.61. The van der Waals surface area contributed by atoms with Crippen molar-refractivity contribution in [3.8, 4) is 0 Å². The highest BCUT2D eigenvalue weighted by Gasteiger charge is 2.34. The van der Waals surface area contributed by atoms with E-state index in [4.69, 9.17) is 0 Å². The number of hydrogen-bond acceptors (Lipinski definition) is 4. The highest BCUT2D eigenvalue weighted by Crippen LogP contribution is 2.23. The van der Waals surface area contributed by atoms with Crippen LogP contribution in [0.25, 0.3) is 0 Å². The van der Waals surface area contributed by atoms with Crippen molar-refractivity contribution < 1.29 is 19.2 Å². The molecule has 25 heavy (non-hydrogen) atoms. The van der Waals surface area contributed by atoms with E-state index in [1.54, 1.807) is 12.4 Å².